The van der Waals surface area contributed by atoms with Gasteiger partial charge in [-0.05, 0) is 25.0 Å². The quantitative estimate of drug-likeness (QED) is 0.423. The van der Waals surface area contributed by atoms with Crippen molar-refractivity contribution in [2.75, 3.05) is 18.4 Å². The van der Waals surface area contributed by atoms with Crippen LogP contribution < -0.4 is 10.6 Å². The Bertz CT molecular complexity index is 361. The fourth-order valence-electron chi connectivity index (χ4n) is 1.76. The molecule has 0 aliphatic carbocycles. The van der Waals surface area contributed by atoms with Gasteiger partial charge in [0.15, 0.2) is 0 Å². The molecular weight excluding hydrogens is 230 g/mol. The summed E-state index contributed by atoms with van der Waals surface area (Å²) in [5, 5.41) is 17.2. The lowest BCUT2D eigenvalue weighted by molar-refractivity contribution is -0.384. The van der Waals surface area contributed by atoms with Gasteiger partial charge in [0, 0.05) is 37.0 Å². The molecule has 0 atom stereocenters. The van der Waals surface area contributed by atoms with Gasteiger partial charge in [-0.3, -0.25) is 10.1 Å². The Morgan fingerprint density at radius 1 is 1.17 bits per heavy atom. The molecule has 0 fully saturated rings. The van der Waals surface area contributed by atoms with Crippen molar-refractivity contribution in [1.29, 1.82) is 0 Å². The van der Waals surface area contributed by atoms with Crippen molar-refractivity contribution in [3.05, 3.63) is 34.4 Å². The first-order valence-corrected chi connectivity index (χ1v) is 6.39. The molecule has 1 aromatic rings. The van der Waals surface area contributed by atoms with E-state index in [2.05, 4.69) is 24.5 Å². The molecule has 0 amide bonds. The minimum absolute atomic E-state index is 0.121. The van der Waals surface area contributed by atoms with Crippen LogP contribution in [0.5, 0.6) is 0 Å². The summed E-state index contributed by atoms with van der Waals surface area (Å²) < 4.78 is 0. The molecule has 1 rings (SSSR count). The molecule has 100 valence electrons. The average Bonchev–Trinajstić information content (AvgIpc) is 2.39. The minimum Gasteiger partial charge on any atom is -0.384 e. The monoisotopic (exact) mass is 251 g/mol. The Labute approximate surface area is 108 Å². The van der Waals surface area contributed by atoms with Gasteiger partial charge in [0.05, 0.1) is 4.92 Å². The van der Waals surface area contributed by atoms with Gasteiger partial charge in [-0.25, -0.2) is 0 Å². The SMILES string of the molecule is CCC(CC)NCCNc1ccc([N+](=O)[O-])cc1. The molecule has 0 aliphatic rings. The maximum absolute atomic E-state index is 10.5. The normalized spacial score (nSPS) is 10.6. The third kappa shape index (κ3) is 4.71. The molecule has 0 saturated carbocycles. The molecule has 0 aromatic heterocycles. The number of hydrogen-bond acceptors (Lipinski definition) is 4. The van der Waals surface area contributed by atoms with Crippen LogP contribution in [-0.4, -0.2) is 24.1 Å². The Morgan fingerprint density at radius 3 is 2.28 bits per heavy atom. The standard InChI is InChI=1S/C13H21N3O2/c1-3-11(4-2)14-9-10-15-12-5-7-13(8-6-12)16(17)18/h5-8,11,14-15H,3-4,9-10H2,1-2H3. The summed E-state index contributed by atoms with van der Waals surface area (Å²) in [6, 6.07) is 7.06. The summed E-state index contributed by atoms with van der Waals surface area (Å²) in [7, 11) is 0. The van der Waals surface area contributed by atoms with E-state index >= 15 is 0 Å². The molecule has 18 heavy (non-hydrogen) atoms. The van der Waals surface area contributed by atoms with E-state index in [4.69, 9.17) is 0 Å². The van der Waals surface area contributed by atoms with E-state index in [1.807, 2.05) is 0 Å². The first-order valence-electron chi connectivity index (χ1n) is 6.39. The molecule has 5 nitrogen and oxygen atoms in total. The predicted molar refractivity (Wildman–Crippen MR) is 74.0 cm³/mol. The fraction of sp³-hybridized carbons (Fsp3) is 0.538. The molecule has 0 bridgehead atoms. The molecule has 0 spiro atoms. The summed E-state index contributed by atoms with van der Waals surface area (Å²) in [4.78, 5) is 10.1. The Hall–Kier alpha value is -1.62. The number of hydrogen-bond donors (Lipinski definition) is 2. The molecule has 5 heteroatoms. The van der Waals surface area contributed by atoms with E-state index in [-0.39, 0.29) is 5.69 Å². The number of nitrogens with one attached hydrogen (secondary N) is 2. The maximum atomic E-state index is 10.5. The van der Waals surface area contributed by atoms with Crippen molar-refractivity contribution in [2.24, 2.45) is 0 Å². The van der Waals surface area contributed by atoms with Crippen LogP contribution in [0, 0.1) is 10.1 Å². The Morgan fingerprint density at radius 2 is 1.78 bits per heavy atom. The number of rotatable bonds is 8. The second-order valence-corrected chi connectivity index (χ2v) is 4.20. The highest BCUT2D eigenvalue weighted by Crippen LogP contribution is 2.14. The van der Waals surface area contributed by atoms with Crippen LogP contribution >= 0.6 is 0 Å². The van der Waals surface area contributed by atoms with Crippen LogP contribution in [0.4, 0.5) is 11.4 Å². The van der Waals surface area contributed by atoms with Gasteiger partial charge in [0.25, 0.3) is 5.69 Å². The molecule has 0 radical (unpaired) electrons. The average molecular weight is 251 g/mol. The summed E-state index contributed by atoms with van der Waals surface area (Å²) in [6.45, 7) is 6.05. The number of nitrogens with zero attached hydrogens (tertiary/aromatic N) is 1. The van der Waals surface area contributed by atoms with Crippen molar-refractivity contribution in [2.45, 2.75) is 32.7 Å². The van der Waals surface area contributed by atoms with Gasteiger partial charge in [-0.2, -0.15) is 0 Å². The van der Waals surface area contributed by atoms with Crippen LogP contribution in [0.15, 0.2) is 24.3 Å². The lowest BCUT2D eigenvalue weighted by atomic mass is 10.2. The van der Waals surface area contributed by atoms with Crippen molar-refractivity contribution >= 4 is 11.4 Å². The van der Waals surface area contributed by atoms with Crippen molar-refractivity contribution < 1.29 is 4.92 Å². The highest BCUT2D eigenvalue weighted by Gasteiger charge is 2.04. The van der Waals surface area contributed by atoms with Crippen LogP contribution in [0.3, 0.4) is 0 Å². The number of nitro benzene ring substituents is 1. The zero-order valence-corrected chi connectivity index (χ0v) is 11.0. The minimum atomic E-state index is -0.390. The molecule has 0 unspecified atom stereocenters. The van der Waals surface area contributed by atoms with Crippen LogP contribution in [0.1, 0.15) is 26.7 Å². The number of benzene rings is 1. The number of nitro groups is 1. The number of anilines is 1. The second kappa shape index (κ2) is 7.66. The van der Waals surface area contributed by atoms with E-state index in [1.165, 1.54) is 12.1 Å². The maximum Gasteiger partial charge on any atom is 0.269 e. The van der Waals surface area contributed by atoms with E-state index in [9.17, 15) is 10.1 Å². The smallest absolute Gasteiger partial charge is 0.269 e. The second-order valence-electron chi connectivity index (χ2n) is 4.20. The summed E-state index contributed by atoms with van der Waals surface area (Å²) in [5.41, 5.74) is 1.03. The van der Waals surface area contributed by atoms with E-state index in [0.29, 0.717) is 6.04 Å². The van der Waals surface area contributed by atoms with Gasteiger partial charge < -0.3 is 10.6 Å². The first kappa shape index (κ1) is 14.4. The first-order chi connectivity index (χ1) is 8.67. The summed E-state index contributed by atoms with van der Waals surface area (Å²) >= 11 is 0. The van der Waals surface area contributed by atoms with Crippen molar-refractivity contribution in [1.82, 2.24) is 5.32 Å². The van der Waals surface area contributed by atoms with Gasteiger partial charge in [-0.15, -0.1) is 0 Å². The van der Waals surface area contributed by atoms with Crippen molar-refractivity contribution in [3.63, 3.8) is 0 Å². The van der Waals surface area contributed by atoms with Crippen LogP contribution in [0.25, 0.3) is 0 Å². The molecular formula is C13H21N3O2. The van der Waals surface area contributed by atoms with Gasteiger partial charge in [0.2, 0.25) is 0 Å². The zero-order valence-electron chi connectivity index (χ0n) is 11.0. The van der Waals surface area contributed by atoms with Crippen LogP contribution in [-0.2, 0) is 0 Å². The largest absolute Gasteiger partial charge is 0.384 e. The Balaban J connectivity index is 2.29. The molecule has 0 heterocycles. The Kier molecular flexibility index (Phi) is 6.14. The van der Waals surface area contributed by atoms with Gasteiger partial charge in [-0.1, -0.05) is 13.8 Å². The van der Waals surface area contributed by atoms with E-state index < -0.39 is 4.92 Å². The highest BCUT2D eigenvalue weighted by molar-refractivity contribution is 5.48. The third-order valence-corrected chi connectivity index (χ3v) is 2.95. The topological polar surface area (TPSA) is 67.2 Å². The van der Waals surface area contributed by atoms with Crippen molar-refractivity contribution in [3.8, 4) is 0 Å². The summed E-state index contributed by atoms with van der Waals surface area (Å²) in [5.74, 6) is 0. The third-order valence-electron chi connectivity index (χ3n) is 2.95. The lowest BCUT2D eigenvalue weighted by Gasteiger charge is -2.15. The van der Waals surface area contributed by atoms with Gasteiger partial charge in [0.1, 0.15) is 0 Å². The van der Waals surface area contributed by atoms with Crippen LogP contribution in [0.2, 0.25) is 0 Å². The molecule has 2 N–H and O–H groups in total. The van der Waals surface area contributed by atoms with E-state index in [1.54, 1.807) is 12.1 Å². The lowest BCUT2D eigenvalue weighted by Crippen LogP contribution is -2.31. The molecule has 0 saturated heterocycles. The summed E-state index contributed by atoms with van der Waals surface area (Å²) in [6.07, 6.45) is 2.27. The highest BCUT2D eigenvalue weighted by atomic mass is 16.6. The molecule has 0 aliphatic heterocycles. The number of non-ortho nitro benzene ring substituents is 1. The van der Waals surface area contributed by atoms with Gasteiger partial charge >= 0.3 is 0 Å². The fourth-order valence-corrected chi connectivity index (χ4v) is 1.76. The predicted octanol–water partition coefficient (Wildman–Crippen LogP) is 2.78. The van der Waals surface area contributed by atoms with E-state index in [0.717, 1.165) is 31.6 Å². The molecule has 1 aromatic carbocycles. The zero-order chi connectivity index (χ0) is 13.4.